The summed E-state index contributed by atoms with van der Waals surface area (Å²) >= 11 is 0. The van der Waals surface area contributed by atoms with Crippen LogP contribution in [0, 0.1) is 0 Å². The quantitative estimate of drug-likeness (QED) is 0.0970. The van der Waals surface area contributed by atoms with Crippen molar-refractivity contribution < 1.29 is 39.0 Å². The number of aliphatic carboxylic acids is 2. The molecule has 1 aromatic carbocycles. The molecule has 0 bridgehead atoms. The predicted molar refractivity (Wildman–Crippen MR) is 145 cm³/mol. The van der Waals surface area contributed by atoms with Gasteiger partial charge in [0.05, 0.1) is 6.04 Å². The minimum absolute atomic E-state index is 0.170. The van der Waals surface area contributed by atoms with Gasteiger partial charge in [-0.2, -0.15) is 0 Å². The molecule has 0 fully saturated rings. The van der Waals surface area contributed by atoms with E-state index < -0.39 is 72.2 Å². The lowest BCUT2D eigenvalue weighted by atomic mass is 10.0. The zero-order valence-electron chi connectivity index (χ0n) is 22.7. The van der Waals surface area contributed by atoms with Gasteiger partial charge >= 0.3 is 11.9 Å². The van der Waals surface area contributed by atoms with Gasteiger partial charge in [0.25, 0.3) is 0 Å². The van der Waals surface area contributed by atoms with E-state index in [4.69, 9.17) is 16.6 Å². The number of carboxylic acid groups (broad SMARTS) is 2. The molecule has 0 unspecified atom stereocenters. The standard InChI is InChI=1S/C26H40N6O8/c1-15(22(35)29-16(2)23(36)32-20(26(39)40)10-6-7-13-27)30-25(38)19(11-12-21(33)34)31-24(37)18(28)14-17-8-4-3-5-9-17/h3-5,8-9,15-16,18-20H,6-7,10-14,27-28H2,1-2H3,(H,29,35)(H,30,38)(H,31,37)(H,32,36)(H,33,34)(H,39,40)/t15-,16-,18-,19-,20-/m0/s1. The Hall–Kier alpha value is -4.04. The van der Waals surface area contributed by atoms with Crippen LogP contribution < -0.4 is 32.7 Å². The van der Waals surface area contributed by atoms with E-state index in [0.717, 1.165) is 5.56 Å². The molecule has 0 aliphatic rings. The number of rotatable bonds is 18. The number of nitrogens with one attached hydrogen (secondary N) is 4. The van der Waals surface area contributed by atoms with Gasteiger partial charge in [0.15, 0.2) is 0 Å². The minimum Gasteiger partial charge on any atom is -0.481 e. The third-order valence-electron chi connectivity index (χ3n) is 5.98. The van der Waals surface area contributed by atoms with Crippen molar-refractivity contribution in [1.82, 2.24) is 21.3 Å². The second-order valence-corrected chi connectivity index (χ2v) is 9.43. The summed E-state index contributed by atoms with van der Waals surface area (Å²) in [5.74, 6) is -5.37. The van der Waals surface area contributed by atoms with Crippen LogP contribution in [0.3, 0.4) is 0 Å². The molecule has 0 aliphatic carbocycles. The van der Waals surface area contributed by atoms with E-state index in [9.17, 15) is 33.9 Å². The molecule has 0 heterocycles. The zero-order chi connectivity index (χ0) is 30.2. The average Bonchev–Trinajstić information content (AvgIpc) is 2.90. The van der Waals surface area contributed by atoms with Crippen LogP contribution in [0.4, 0.5) is 0 Å². The van der Waals surface area contributed by atoms with Crippen molar-refractivity contribution in [2.24, 2.45) is 11.5 Å². The Labute approximate surface area is 232 Å². The molecular weight excluding hydrogens is 524 g/mol. The maximum absolute atomic E-state index is 12.9. The number of nitrogens with two attached hydrogens (primary N) is 2. The summed E-state index contributed by atoms with van der Waals surface area (Å²) in [6, 6.07) is 3.21. The fourth-order valence-corrected chi connectivity index (χ4v) is 3.61. The Morgan fingerprint density at radius 3 is 1.85 bits per heavy atom. The summed E-state index contributed by atoms with van der Waals surface area (Å²) in [5.41, 5.74) is 12.2. The Balaban J connectivity index is 2.74. The van der Waals surface area contributed by atoms with Gasteiger partial charge in [0.1, 0.15) is 24.2 Å². The zero-order valence-corrected chi connectivity index (χ0v) is 22.7. The van der Waals surface area contributed by atoms with Crippen LogP contribution in [0.15, 0.2) is 30.3 Å². The fraction of sp³-hybridized carbons (Fsp3) is 0.538. The van der Waals surface area contributed by atoms with Gasteiger partial charge in [-0.05, 0) is 58.1 Å². The summed E-state index contributed by atoms with van der Waals surface area (Å²) in [5, 5.41) is 28.0. The number of hydrogen-bond donors (Lipinski definition) is 8. The molecule has 222 valence electrons. The van der Waals surface area contributed by atoms with Crippen molar-refractivity contribution in [3.63, 3.8) is 0 Å². The van der Waals surface area contributed by atoms with Crippen LogP contribution >= 0.6 is 0 Å². The SMILES string of the molecule is C[C@H](NC(=O)[C@H](C)NC(=O)[C@H](CCC(=O)O)NC(=O)[C@@H](N)Cc1ccccc1)C(=O)N[C@@H](CCCCN)C(=O)O. The molecule has 4 amide bonds. The second kappa shape index (κ2) is 17.5. The lowest BCUT2D eigenvalue weighted by Crippen LogP contribution is -2.57. The Kier molecular flexibility index (Phi) is 14.9. The van der Waals surface area contributed by atoms with Gasteiger partial charge in [0, 0.05) is 6.42 Å². The molecule has 14 nitrogen and oxygen atoms in total. The smallest absolute Gasteiger partial charge is 0.326 e. The van der Waals surface area contributed by atoms with Gasteiger partial charge in [0.2, 0.25) is 23.6 Å². The number of carboxylic acids is 2. The highest BCUT2D eigenvalue weighted by atomic mass is 16.4. The Morgan fingerprint density at radius 1 is 0.750 bits per heavy atom. The number of hydrogen-bond acceptors (Lipinski definition) is 8. The summed E-state index contributed by atoms with van der Waals surface area (Å²) in [6.07, 6.45) is 0.765. The molecule has 5 atom stereocenters. The van der Waals surface area contributed by atoms with E-state index in [0.29, 0.717) is 19.4 Å². The van der Waals surface area contributed by atoms with Gasteiger partial charge in [-0.3, -0.25) is 24.0 Å². The van der Waals surface area contributed by atoms with Crippen LogP contribution in [0.2, 0.25) is 0 Å². The van der Waals surface area contributed by atoms with Crippen LogP contribution in [-0.2, 0) is 35.2 Å². The van der Waals surface area contributed by atoms with Crippen molar-refractivity contribution in [3.8, 4) is 0 Å². The lowest BCUT2D eigenvalue weighted by Gasteiger charge is -2.23. The monoisotopic (exact) mass is 564 g/mol. The minimum atomic E-state index is -1.29. The fourth-order valence-electron chi connectivity index (χ4n) is 3.61. The largest absolute Gasteiger partial charge is 0.481 e. The summed E-state index contributed by atoms with van der Waals surface area (Å²) < 4.78 is 0. The van der Waals surface area contributed by atoms with E-state index in [1.54, 1.807) is 24.3 Å². The summed E-state index contributed by atoms with van der Waals surface area (Å²) in [4.78, 5) is 73.0. The first-order valence-corrected chi connectivity index (χ1v) is 13.0. The molecule has 1 rings (SSSR count). The molecule has 0 saturated heterocycles. The number of carbonyl (C=O) groups excluding carboxylic acids is 4. The van der Waals surface area contributed by atoms with Crippen molar-refractivity contribution in [3.05, 3.63) is 35.9 Å². The second-order valence-electron chi connectivity index (χ2n) is 9.43. The molecule has 0 spiro atoms. The Morgan fingerprint density at radius 2 is 1.30 bits per heavy atom. The van der Waals surface area contributed by atoms with Gasteiger partial charge in [-0.15, -0.1) is 0 Å². The maximum Gasteiger partial charge on any atom is 0.326 e. The van der Waals surface area contributed by atoms with Crippen LogP contribution in [0.25, 0.3) is 0 Å². The van der Waals surface area contributed by atoms with Gasteiger partial charge in [-0.25, -0.2) is 4.79 Å². The summed E-state index contributed by atoms with van der Waals surface area (Å²) in [6.45, 7) is 3.07. The highest BCUT2D eigenvalue weighted by molar-refractivity contribution is 5.95. The highest BCUT2D eigenvalue weighted by Crippen LogP contribution is 2.05. The van der Waals surface area contributed by atoms with E-state index >= 15 is 0 Å². The number of carbonyl (C=O) groups is 6. The summed E-state index contributed by atoms with van der Waals surface area (Å²) in [7, 11) is 0. The number of benzene rings is 1. The number of amides is 4. The van der Waals surface area contributed by atoms with E-state index in [2.05, 4.69) is 21.3 Å². The molecule has 0 aromatic heterocycles. The average molecular weight is 565 g/mol. The van der Waals surface area contributed by atoms with E-state index in [1.807, 2.05) is 6.07 Å². The van der Waals surface area contributed by atoms with Crippen molar-refractivity contribution >= 4 is 35.6 Å². The molecule has 0 aliphatic heterocycles. The van der Waals surface area contributed by atoms with Crippen molar-refractivity contribution in [2.45, 2.75) is 82.6 Å². The van der Waals surface area contributed by atoms with Crippen LogP contribution in [-0.4, -0.2) is 82.5 Å². The van der Waals surface area contributed by atoms with Gasteiger partial charge < -0.3 is 42.9 Å². The third kappa shape index (κ3) is 12.7. The predicted octanol–water partition coefficient (Wildman–Crippen LogP) is -1.39. The molecule has 1 aromatic rings. The maximum atomic E-state index is 12.9. The van der Waals surface area contributed by atoms with Crippen molar-refractivity contribution in [1.29, 1.82) is 0 Å². The Bertz CT molecular complexity index is 1020. The molecule has 40 heavy (non-hydrogen) atoms. The molecule has 14 heteroatoms. The molecular formula is C26H40N6O8. The highest BCUT2D eigenvalue weighted by Gasteiger charge is 2.29. The van der Waals surface area contributed by atoms with Crippen molar-refractivity contribution in [2.75, 3.05) is 6.54 Å². The normalized spacial score (nSPS) is 14.5. The first-order chi connectivity index (χ1) is 18.8. The first kappa shape index (κ1) is 34.0. The van der Waals surface area contributed by atoms with Crippen LogP contribution in [0.1, 0.15) is 51.5 Å². The number of unbranched alkanes of at least 4 members (excludes halogenated alkanes) is 1. The van der Waals surface area contributed by atoms with Crippen LogP contribution in [0.5, 0.6) is 0 Å². The van der Waals surface area contributed by atoms with Gasteiger partial charge in [-0.1, -0.05) is 30.3 Å². The first-order valence-electron chi connectivity index (χ1n) is 13.0. The van der Waals surface area contributed by atoms with E-state index in [-0.39, 0.29) is 19.3 Å². The lowest BCUT2D eigenvalue weighted by molar-refractivity contribution is -0.142. The molecule has 0 saturated carbocycles. The van der Waals surface area contributed by atoms with E-state index in [1.165, 1.54) is 13.8 Å². The topological polar surface area (TPSA) is 243 Å². The molecule has 10 N–H and O–H groups in total. The third-order valence-corrected chi connectivity index (χ3v) is 5.98. The molecule has 0 radical (unpaired) electrons.